The molecule has 0 saturated carbocycles. The highest BCUT2D eigenvalue weighted by molar-refractivity contribution is 7.99. The maximum absolute atomic E-state index is 12.1. The zero-order chi connectivity index (χ0) is 13.1. The van der Waals surface area contributed by atoms with Gasteiger partial charge >= 0.3 is 0 Å². The Morgan fingerprint density at radius 1 is 1.26 bits per heavy atom. The minimum Gasteiger partial charge on any atom is -0.349 e. The lowest BCUT2D eigenvalue weighted by Gasteiger charge is -2.25. The van der Waals surface area contributed by atoms with Gasteiger partial charge < -0.3 is 5.32 Å². The highest BCUT2D eigenvalue weighted by Crippen LogP contribution is 2.35. The second-order valence-corrected chi connectivity index (χ2v) is 6.72. The van der Waals surface area contributed by atoms with Crippen LogP contribution in [-0.2, 0) is 11.2 Å². The highest BCUT2D eigenvalue weighted by atomic mass is 32.2. The van der Waals surface area contributed by atoms with Gasteiger partial charge in [0.15, 0.2) is 0 Å². The van der Waals surface area contributed by atoms with Gasteiger partial charge in [-0.3, -0.25) is 4.79 Å². The van der Waals surface area contributed by atoms with Gasteiger partial charge in [-0.25, -0.2) is 0 Å². The summed E-state index contributed by atoms with van der Waals surface area (Å²) in [6, 6.07) is 12.5. The van der Waals surface area contributed by atoms with Gasteiger partial charge in [0.1, 0.15) is 0 Å². The fourth-order valence-electron chi connectivity index (χ4n) is 2.31. The van der Waals surface area contributed by atoms with E-state index in [1.54, 1.807) is 11.3 Å². The monoisotopic (exact) mass is 289 g/mol. The summed E-state index contributed by atoms with van der Waals surface area (Å²) in [5.74, 6) is 1.19. The van der Waals surface area contributed by atoms with Gasteiger partial charge in [-0.2, -0.15) is 0 Å². The van der Waals surface area contributed by atoms with E-state index < -0.39 is 0 Å². The largest absolute Gasteiger partial charge is 0.349 e. The molecule has 2 heterocycles. The van der Waals surface area contributed by atoms with Gasteiger partial charge in [0.05, 0.1) is 12.5 Å². The zero-order valence-electron chi connectivity index (χ0n) is 10.5. The topological polar surface area (TPSA) is 29.1 Å². The zero-order valence-corrected chi connectivity index (χ0v) is 12.1. The standard InChI is InChI=1S/C15H15NOS2/c17-15(10-11-4-3-8-18-11)16-13-7-9-19-14-6-2-1-5-12(13)14/h1-6,8,13H,7,9-10H2,(H,16,17). The summed E-state index contributed by atoms with van der Waals surface area (Å²) in [7, 11) is 0. The van der Waals surface area contributed by atoms with Crippen molar-refractivity contribution < 1.29 is 4.79 Å². The minimum absolute atomic E-state index is 0.120. The van der Waals surface area contributed by atoms with E-state index >= 15 is 0 Å². The second kappa shape index (κ2) is 5.80. The van der Waals surface area contributed by atoms with E-state index in [1.807, 2.05) is 35.3 Å². The van der Waals surface area contributed by atoms with E-state index in [0.29, 0.717) is 6.42 Å². The van der Waals surface area contributed by atoms with Crippen molar-refractivity contribution >= 4 is 29.0 Å². The lowest BCUT2D eigenvalue weighted by atomic mass is 10.0. The number of hydrogen-bond acceptors (Lipinski definition) is 3. The first-order valence-electron chi connectivity index (χ1n) is 6.36. The van der Waals surface area contributed by atoms with Crippen LogP contribution in [0.3, 0.4) is 0 Å². The Balaban J connectivity index is 1.69. The number of hydrogen-bond donors (Lipinski definition) is 1. The first-order valence-corrected chi connectivity index (χ1v) is 8.23. The number of carbonyl (C=O) groups is 1. The van der Waals surface area contributed by atoms with Gasteiger partial charge in [-0.15, -0.1) is 23.1 Å². The SMILES string of the molecule is O=C(Cc1cccs1)NC1CCSc2ccccc21. The average molecular weight is 289 g/mol. The van der Waals surface area contributed by atoms with Gasteiger partial charge in [-0.1, -0.05) is 24.3 Å². The first-order chi connectivity index (χ1) is 9.33. The minimum atomic E-state index is 0.120. The van der Waals surface area contributed by atoms with E-state index in [2.05, 4.69) is 23.5 Å². The van der Waals surface area contributed by atoms with Crippen LogP contribution >= 0.6 is 23.1 Å². The summed E-state index contributed by atoms with van der Waals surface area (Å²) in [6.07, 6.45) is 1.50. The van der Waals surface area contributed by atoms with Gasteiger partial charge in [0, 0.05) is 15.5 Å². The quantitative estimate of drug-likeness (QED) is 0.934. The van der Waals surface area contributed by atoms with Crippen molar-refractivity contribution in [3.05, 3.63) is 52.2 Å². The first kappa shape index (κ1) is 12.8. The maximum Gasteiger partial charge on any atom is 0.225 e. The lowest BCUT2D eigenvalue weighted by Crippen LogP contribution is -2.31. The molecule has 1 aliphatic rings. The molecule has 1 unspecified atom stereocenters. The van der Waals surface area contributed by atoms with Crippen LogP contribution in [0.2, 0.25) is 0 Å². The van der Waals surface area contributed by atoms with Crippen LogP contribution in [0.25, 0.3) is 0 Å². The van der Waals surface area contributed by atoms with Crippen molar-refractivity contribution in [1.29, 1.82) is 0 Å². The number of carbonyl (C=O) groups excluding carboxylic acids is 1. The molecular weight excluding hydrogens is 274 g/mol. The fraction of sp³-hybridized carbons (Fsp3) is 0.267. The molecule has 2 aromatic rings. The molecule has 19 heavy (non-hydrogen) atoms. The van der Waals surface area contributed by atoms with Crippen LogP contribution < -0.4 is 5.32 Å². The lowest BCUT2D eigenvalue weighted by molar-refractivity contribution is -0.121. The fourth-order valence-corrected chi connectivity index (χ4v) is 4.14. The van der Waals surface area contributed by atoms with E-state index in [0.717, 1.165) is 17.1 Å². The molecule has 1 atom stereocenters. The van der Waals surface area contributed by atoms with Crippen molar-refractivity contribution in [2.45, 2.75) is 23.8 Å². The Bertz CT molecular complexity index is 565. The van der Waals surface area contributed by atoms with E-state index in [9.17, 15) is 4.79 Å². The Kier molecular flexibility index (Phi) is 3.89. The number of rotatable bonds is 3. The maximum atomic E-state index is 12.1. The molecule has 1 aliphatic heterocycles. The van der Waals surface area contributed by atoms with Crippen LogP contribution in [-0.4, -0.2) is 11.7 Å². The van der Waals surface area contributed by atoms with Gasteiger partial charge in [0.2, 0.25) is 5.91 Å². The number of amides is 1. The predicted molar refractivity (Wildman–Crippen MR) is 80.7 cm³/mol. The van der Waals surface area contributed by atoms with Crippen LogP contribution in [0.5, 0.6) is 0 Å². The molecule has 3 rings (SSSR count). The number of thioether (sulfide) groups is 1. The third-order valence-electron chi connectivity index (χ3n) is 3.21. The molecule has 1 aromatic carbocycles. The van der Waals surface area contributed by atoms with Gasteiger partial charge in [0.25, 0.3) is 0 Å². The summed E-state index contributed by atoms with van der Waals surface area (Å²) in [5, 5.41) is 5.18. The molecule has 4 heteroatoms. The molecule has 0 aliphatic carbocycles. The molecular formula is C15H15NOS2. The van der Waals surface area contributed by atoms with Crippen molar-refractivity contribution in [3.63, 3.8) is 0 Å². The number of fused-ring (bicyclic) bond motifs is 1. The molecule has 1 aromatic heterocycles. The molecule has 1 N–H and O–H groups in total. The normalized spacial score (nSPS) is 17.8. The smallest absolute Gasteiger partial charge is 0.225 e. The number of benzene rings is 1. The Labute approximate surface area is 121 Å². The Morgan fingerprint density at radius 3 is 3.00 bits per heavy atom. The molecule has 0 saturated heterocycles. The molecule has 0 radical (unpaired) electrons. The number of nitrogens with one attached hydrogen (secondary N) is 1. The van der Waals surface area contributed by atoms with Crippen molar-refractivity contribution in [1.82, 2.24) is 5.32 Å². The van der Waals surface area contributed by atoms with E-state index in [4.69, 9.17) is 0 Å². The van der Waals surface area contributed by atoms with Crippen molar-refractivity contribution in [2.75, 3.05) is 5.75 Å². The summed E-state index contributed by atoms with van der Waals surface area (Å²) in [4.78, 5) is 14.5. The van der Waals surface area contributed by atoms with Crippen molar-refractivity contribution in [3.8, 4) is 0 Å². The molecule has 0 bridgehead atoms. The molecule has 0 spiro atoms. The average Bonchev–Trinajstić information content (AvgIpc) is 2.92. The predicted octanol–water partition coefficient (Wildman–Crippen LogP) is 3.64. The number of thiophene rings is 1. The third kappa shape index (κ3) is 3.01. The van der Waals surface area contributed by atoms with Crippen LogP contribution in [0, 0.1) is 0 Å². The van der Waals surface area contributed by atoms with E-state index in [-0.39, 0.29) is 11.9 Å². The second-order valence-electron chi connectivity index (χ2n) is 4.55. The summed E-state index contributed by atoms with van der Waals surface area (Å²) < 4.78 is 0. The molecule has 98 valence electrons. The summed E-state index contributed by atoms with van der Waals surface area (Å²) in [6.45, 7) is 0. The van der Waals surface area contributed by atoms with Crippen LogP contribution in [0.4, 0.5) is 0 Å². The van der Waals surface area contributed by atoms with E-state index in [1.165, 1.54) is 10.5 Å². The summed E-state index contributed by atoms with van der Waals surface area (Å²) in [5.41, 5.74) is 1.26. The van der Waals surface area contributed by atoms with Crippen LogP contribution in [0.15, 0.2) is 46.7 Å². The Morgan fingerprint density at radius 2 is 2.16 bits per heavy atom. The van der Waals surface area contributed by atoms with Crippen molar-refractivity contribution in [2.24, 2.45) is 0 Å². The Hall–Kier alpha value is -1.26. The highest BCUT2D eigenvalue weighted by Gasteiger charge is 2.21. The van der Waals surface area contributed by atoms with Gasteiger partial charge in [-0.05, 0) is 29.5 Å². The summed E-state index contributed by atoms with van der Waals surface area (Å²) >= 11 is 3.51. The van der Waals surface area contributed by atoms with Crippen LogP contribution in [0.1, 0.15) is 22.9 Å². The molecule has 2 nitrogen and oxygen atoms in total. The molecule has 0 fully saturated rings. The third-order valence-corrected chi connectivity index (χ3v) is 5.21. The molecule has 1 amide bonds.